The lowest BCUT2D eigenvalue weighted by atomic mass is 9.98. The smallest absolute Gasteiger partial charge is 0.241 e. The fraction of sp³-hybridized carbons (Fsp3) is 0.350. The molecule has 0 spiro atoms. The van der Waals surface area contributed by atoms with Crippen LogP contribution in [-0.2, 0) is 21.4 Å². The SMILES string of the molecule is Cc1cccc(C(C)C)c1N(CC(=O)NCc1ccccc1F)S(C)(=O)=O. The van der Waals surface area contributed by atoms with E-state index in [9.17, 15) is 17.6 Å². The molecule has 0 radical (unpaired) electrons. The van der Waals surface area contributed by atoms with Gasteiger partial charge in [-0.1, -0.05) is 50.2 Å². The number of nitrogens with zero attached hydrogens (tertiary/aromatic N) is 1. The molecule has 0 fully saturated rings. The Labute approximate surface area is 160 Å². The lowest BCUT2D eigenvalue weighted by Gasteiger charge is -2.27. The third kappa shape index (κ3) is 5.29. The van der Waals surface area contributed by atoms with Crippen molar-refractivity contribution in [2.75, 3.05) is 17.1 Å². The van der Waals surface area contributed by atoms with Crippen LogP contribution in [0.4, 0.5) is 10.1 Å². The van der Waals surface area contributed by atoms with Crippen LogP contribution in [0.25, 0.3) is 0 Å². The molecule has 1 amide bonds. The van der Waals surface area contributed by atoms with Crippen LogP contribution in [0.1, 0.15) is 36.5 Å². The number of hydrogen-bond acceptors (Lipinski definition) is 3. The predicted molar refractivity (Wildman–Crippen MR) is 106 cm³/mol. The van der Waals surface area contributed by atoms with Crippen molar-refractivity contribution in [1.29, 1.82) is 0 Å². The van der Waals surface area contributed by atoms with Gasteiger partial charge >= 0.3 is 0 Å². The monoisotopic (exact) mass is 392 g/mol. The van der Waals surface area contributed by atoms with Gasteiger partial charge in [-0.3, -0.25) is 9.10 Å². The molecule has 0 aliphatic rings. The van der Waals surface area contributed by atoms with Crippen LogP contribution in [0.2, 0.25) is 0 Å². The van der Waals surface area contributed by atoms with Crippen molar-refractivity contribution in [3.63, 3.8) is 0 Å². The summed E-state index contributed by atoms with van der Waals surface area (Å²) in [7, 11) is -3.68. The van der Waals surface area contributed by atoms with E-state index >= 15 is 0 Å². The van der Waals surface area contributed by atoms with Gasteiger partial charge in [-0.05, 0) is 30.0 Å². The van der Waals surface area contributed by atoms with Crippen molar-refractivity contribution in [3.05, 3.63) is 65.0 Å². The maximum atomic E-state index is 13.7. The van der Waals surface area contributed by atoms with Crippen molar-refractivity contribution in [2.45, 2.75) is 33.2 Å². The standard InChI is InChI=1S/C20H25FN2O3S/c1-14(2)17-10-7-8-15(3)20(17)23(27(4,25)26)13-19(24)22-12-16-9-5-6-11-18(16)21/h5-11,14H,12-13H2,1-4H3,(H,22,24). The number of amides is 1. The molecule has 0 bridgehead atoms. The Morgan fingerprint density at radius 2 is 1.81 bits per heavy atom. The number of halogens is 1. The summed E-state index contributed by atoms with van der Waals surface area (Å²) in [6.45, 7) is 5.39. The number of nitrogens with one attached hydrogen (secondary N) is 1. The molecule has 0 aliphatic carbocycles. The summed E-state index contributed by atoms with van der Waals surface area (Å²) in [5.41, 5.74) is 2.49. The molecule has 2 aromatic carbocycles. The second-order valence-corrected chi connectivity index (χ2v) is 8.71. The molecule has 0 aromatic heterocycles. The van der Waals surface area contributed by atoms with Crippen LogP contribution in [0.15, 0.2) is 42.5 Å². The zero-order valence-corrected chi connectivity index (χ0v) is 16.8. The van der Waals surface area contributed by atoms with E-state index in [2.05, 4.69) is 5.32 Å². The number of rotatable bonds is 7. The minimum atomic E-state index is -3.68. The Balaban J connectivity index is 2.27. The molecule has 7 heteroatoms. The van der Waals surface area contributed by atoms with Gasteiger partial charge in [0.05, 0.1) is 11.9 Å². The van der Waals surface area contributed by atoms with E-state index in [1.54, 1.807) is 18.2 Å². The summed E-state index contributed by atoms with van der Waals surface area (Å²) in [6.07, 6.45) is 1.08. The van der Waals surface area contributed by atoms with Crippen LogP contribution in [0.3, 0.4) is 0 Å². The van der Waals surface area contributed by atoms with Gasteiger partial charge in [0.25, 0.3) is 0 Å². The van der Waals surface area contributed by atoms with Crippen molar-refractivity contribution in [1.82, 2.24) is 5.32 Å². The van der Waals surface area contributed by atoms with E-state index < -0.39 is 21.7 Å². The summed E-state index contributed by atoms with van der Waals surface area (Å²) < 4.78 is 39.6. The third-order valence-electron chi connectivity index (χ3n) is 4.26. The van der Waals surface area contributed by atoms with Gasteiger partial charge in [0.2, 0.25) is 15.9 Å². The molecular weight excluding hydrogens is 367 g/mol. The molecule has 0 unspecified atom stereocenters. The normalized spacial score (nSPS) is 11.5. The van der Waals surface area contributed by atoms with Crippen LogP contribution >= 0.6 is 0 Å². The molecule has 2 aromatic rings. The lowest BCUT2D eigenvalue weighted by molar-refractivity contribution is -0.119. The lowest BCUT2D eigenvalue weighted by Crippen LogP contribution is -2.41. The van der Waals surface area contributed by atoms with Gasteiger partial charge in [0.15, 0.2) is 0 Å². The summed E-state index contributed by atoms with van der Waals surface area (Å²) >= 11 is 0. The molecule has 2 rings (SSSR count). The second-order valence-electron chi connectivity index (χ2n) is 6.81. The van der Waals surface area contributed by atoms with Crippen molar-refractivity contribution in [2.24, 2.45) is 0 Å². The Morgan fingerprint density at radius 1 is 1.15 bits per heavy atom. The summed E-state index contributed by atoms with van der Waals surface area (Å²) in [4.78, 5) is 12.4. The number of sulfonamides is 1. The van der Waals surface area contributed by atoms with E-state index in [1.165, 1.54) is 6.07 Å². The maximum absolute atomic E-state index is 13.7. The highest BCUT2D eigenvalue weighted by atomic mass is 32.2. The number of carbonyl (C=O) groups excluding carboxylic acids is 1. The number of carbonyl (C=O) groups is 1. The zero-order chi connectivity index (χ0) is 20.2. The Morgan fingerprint density at radius 3 is 2.41 bits per heavy atom. The van der Waals surface area contributed by atoms with Crippen molar-refractivity contribution >= 4 is 21.6 Å². The molecule has 146 valence electrons. The van der Waals surface area contributed by atoms with Crippen LogP contribution < -0.4 is 9.62 Å². The van der Waals surface area contributed by atoms with Crippen molar-refractivity contribution in [3.8, 4) is 0 Å². The second kappa shape index (κ2) is 8.52. The van der Waals surface area contributed by atoms with Gasteiger partial charge in [0.1, 0.15) is 12.4 Å². The Bertz CT molecular complexity index is 927. The number of benzene rings is 2. The average Bonchev–Trinajstić information content (AvgIpc) is 2.58. The van der Waals surface area contributed by atoms with Gasteiger partial charge in [0, 0.05) is 12.1 Å². The maximum Gasteiger partial charge on any atom is 0.241 e. The minimum Gasteiger partial charge on any atom is -0.350 e. The van der Waals surface area contributed by atoms with Crippen molar-refractivity contribution < 1.29 is 17.6 Å². The molecule has 0 heterocycles. The first-order valence-electron chi connectivity index (χ1n) is 8.68. The third-order valence-corrected chi connectivity index (χ3v) is 5.37. The van der Waals surface area contributed by atoms with Crippen LogP contribution in [0, 0.1) is 12.7 Å². The molecule has 0 aliphatic heterocycles. The fourth-order valence-corrected chi connectivity index (χ4v) is 3.81. The average molecular weight is 392 g/mol. The molecule has 0 atom stereocenters. The number of hydrogen-bond donors (Lipinski definition) is 1. The van der Waals surface area contributed by atoms with E-state index in [0.29, 0.717) is 11.3 Å². The van der Waals surface area contributed by atoms with Gasteiger partial charge < -0.3 is 5.32 Å². The molecule has 1 N–H and O–H groups in total. The quantitative estimate of drug-likeness (QED) is 0.786. The number of para-hydroxylation sites is 1. The molecule has 0 saturated carbocycles. The predicted octanol–water partition coefficient (Wildman–Crippen LogP) is 3.34. The van der Waals surface area contributed by atoms with Gasteiger partial charge in [-0.15, -0.1) is 0 Å². The summed E-state index contributed by atoms with van der Waals surface area (Å²) in [5, 5.41) is 2.60. The largest absolute Gasteiger partial charge is 0.350 e. The van der Waals surface area contributed by atoms with Crippen LogP contribution in [-0.4, -0.2) is 27.1 Å². The van der Waals surface area contributed by atoms with E-state index in [4.69, 9.17) is 0 Å². The first-order valence-corrected chi connectivity index (χ1v) is 10.5. The molecular formula is C20H25FN2O3S. The highest BCUT2D eigenvalue weighted by Crippen LogP contribution is 2.32. The Kier molecular flexibility index (Phi) is 6.59. The van der Waals surface area contributed by atoms with E-state index in [0.717, 1.165) is 21.7 Å². The van der Waals surface area contributed by atoms with E-state index in [1.807, 2.05) is 39.0 Å². The summed E-state index contributed by atoms with van der Waals surface area (Å²) in [6, 6.07) is 11.7. The molecule has 0 saturated heterocycles. The molecule has 5 nitrogen and oxygen atoms in total. The van der Waals surface area contributed by atoms with E-state index in [-0.39, 0.29) is 19.0 Å². The highest BCUT2D eigenvalue weighted by Gasteiger charge is 2.25. The van der Waals surface area contributed by atoms with Gasteiger partial charge in [-0.25, -0.2) is 12.8 Å². The zero-order valence-electron chi connectivity index (χ0n) is 16.0. The number of anilines is 1. The highest BCUT2D eigenvalue weighted by molar-refractivity contribution is 7.92. The Hall–Kier alpha value is -2.41. The number of aryl methyl sites for hydroxylation is 1. The summed E-state index contributed by atoms with van der Waals surface area (Å²) in [5.74, 6) is -0.828. The first kappa shape index (κ1) is 20.9. The minimum absolute atomic E-state index is 0.00603. The topological polar surface area (TPSA) is 66.5 Å². The fourth-order valence-electron chi connectivity index (χ4n) is 2.87. The molecule has 27 heavy (non-hydrogen) atoms. The van der Waals surface area contributed by atoms with Gasteiger partial charge in [-0.2, -0.15) is 0 Å². The first-order chi connectivity index (χ1) is 12.6. The van der Waals surface area contributed by atoms with Crippen LogP contribution in [0.5, 0.6) is 0 Å².